The van der Waals surface area contributed by atoms with Crippen LogP contribution in [-0.4, -0.2) is 55.1 Å². The van der Waals surface area contributed by atoms with Gasteiger partial charge >= 0.3 is 0 Å². The van der Waals surface area contributed by atoms with Gasteiger partial charge in [0.25, 0.3) is 5.69 Å². The second-order valence-electron chi connectivity index (χ2n) is 6.69. The number of carbonyl (C=O) groups is 1. The number of anilines is 2. The number of benzene rings is 2. The van der Waals surface area contributed by atoms with Crippen molar-refractivity contribution in [3.8, 4) is 5.75 Å². The summed E-state index contributed by atoms with van der Waals surface area (Å²) in [6.45, 7) is 4.90. The molecule has 1 atom stereocenters. The number of nitrogens with zero attached hydrogens (tertiary/aromatic N) is 3. The van der Waals surface area contributed by atoms with E-state index in [1.54, 1.807) is 25.3 Å². The van der Waals surface area contributed by atoms with Crippen LogP contribution >= 0.6 is 0 Å². The molecule has 0 spiro atoms. The lowest BCUT2D eigenvalue weighted by atomic mass is 10.2. The number of nitro groups is 1. The Morgan fingerprint density at radius 1 is 1.14 bits per heavy atom. The number of nitro benzene ring substituents is 1. The summed E-state index contributed by atoms with van der Waals surface area (Å²) in [7, 11) is 1.59. The average Bonchev–Trinajstić information content (AvgIpc) is 2.73. The summed E-state index contributed by atoms with van der Waals surface area (Å²) in [4.78, 5) is 27.3. The van der Waals surface area contributed by atoms with Gasteiger partial charge in [-0.15, -0.1) is 0 Å². The van der Waals surface area contributed by atoms with Gasteiger partial charge in [0, 0.05) is 55.8 Å². The van der Waals surface area contributed by atoms with Gasteiger partial charge in [0.05, 0.1) is 18.1 Å². The molecule has 0 radical (unpaired) electrons. The quantitative estimate of drug-likeness (QED) is 0.609. The average molecular weight is 384 g/mol. The molecule has 1 heterocycles. The molecular weight excluding hydrogens is 360 g/mol. The number of hydrogen-bond donors (Lipinski definition) is 1. The van der Waals surface area contributed by atoms with E-state index < -0.39 is 4.92 Å². The minimum Gasteiger partial charge on any atom is -0.497 e. The number of hydrogen-bond acceptors (Lipinski definition) is 6. The van der Waals surface area contributed by atoms with Crippen molar-refractivity contribution in [3.63, 3.8) is 0 Å². The topological polar surface area (TPSA) is 88.0 Å². The Morgan fingerprint density at radius 3 is 2.43 bits per heavy atom. The molecule has 8 heteroatoms. The normalized spacial score (nSPS) is 15.7. The standard InChI is InChI=1S/C20H24N4O4/c1-15(20(25)21-16-4-3-5-19(14-16)28-2)22-10-12-23(13-11-22)17-6-8-18(9-7-17)24(26)27/h3-9,14-15H,10-13H2,1-2H3,(H,21,25)/t15-/m1/s1. The monoisotopic (exact) mass is 384 g/mol. The minimum absolute atomic E-state index is 0.0583. The Bertz CT molecular complexity index is 832. The Labute approximate surface area is 163 Å². The van der Waals surface area contributed by atoms with E-state index in [4.69, 9.17) is 4.74 Å². The zero-order chi connectivity index (χ0) is 20.1. The summed E-state index contributed by atoms with van der Waals surface area (Å²) in [5.41, 5.74) is 1.75. The molecule has 0 aromatic heterocycles. The molecule has 1 aliphatic heterocycles. The van der Waals surface area contributed by atoms with Crippen LogP contribution in [0.15, 0.2) is 48.5 Å². The Balaban J connectivity index is 1.54. The van der Waals surface area contributed by atoms with Crippen molar-refractivity contribution in [2.45, 2.75) is 13.0 Å². The zero-order valence-electron chi connectivity index (χ0n) is 16.0. The van der Waals surface area contributed by atoms with Gasteiger partial charge in [-0.2, -0.15) is 0 Å². The number of carbonyl (C=O) groups excluding carboxylic acids is 1. The van der Waals surface area contributed by atoms with Crippen molar-refractivity contribution in [1.82, 2.24) is 4.90 Å². The zero-order valence-corrected chi connectivity index (χ0v) is 16.0. The van der Waals surface area contributed by atoms with Gasteiger partial charge in [-0.25, -0.2) is 0 Å². The van der Waals surface area contributed by atoms with E-state index in [1.807, 2.05) is 25.1 Å². The number of ether oxygens (including phenoxy) is 1. The third-order valence-corrected chi connectivity index (χ3v) is 5.00. The van der Waals surface area contributed by atoms with E-state index in [1.165, 1.54) is 12.1 Å². The maximum absolute atomic E-state index is 12.6. The van der Waals surface area contributed by atoms with E-state index >= 15 is 0 Å². The molecule has 0 unspecified atom stereocenters. The van der Waals surface area contributed by atoms with Crippen LogP contribution in [0.5, 0.6) is 5.75 Å². The smallest absolute Gasteiger partial charge is 0.269 e. The van der Waals surface area contributed by atoms with Crippen LogP contribution in [-0.2, 0) is 4.79 Å². The molecule has 3 rings (SSSR count). The highest BCUT2D eigenvalue weighted by molar-refractivity contribution is 5.94. The molecule has 1 amide bonds. The molecular formula is C20H24N4O4. The number of piperazine rings is 1. The number of rotatable bonds is 6. The summed E-state index contributed by atoms with van der Waals surface area (Å²) in [5.74, 6) is 0.638. The molecule has 1 fully saturated rings. The van der Waals surface area contributed by atoms with E-state index in [-0.39, 0.29) is 17.6 Å². The number of non-ortho nitro benzene ring substituents is 1. The molecule has 0 bridgehead atoms. The van der Waals surface area contributed by atoms with Crippen LogP contribution in [0.1, 0.15) is 6.92 Å². The van der Waals surface area contributed by atoms with Crippen LogP contribution in [0, 0.1) is 10.1 Å². The van der Waals surface area contributed by atoms with Gasteiger partial charge in [-0.05, 0) is 31.2 Å². The molecule has 0 saturated carbocycles. The highest BCUT2D eigenvalue weighted by Gasteiger charge is 2.26. The summed E-state index contributed by atoms with van der Waals surface area (Å²) < 4.78 is 5.18. The Morgan fingerprint density at radius 2 is 1.82 bits per heavy atom. The second-order valence-corrected chi connectivity index (χ2v) is 6.69. The lowest BCUT2D eigenvalue weighted by Gasteiger charge is -2.38. The first kappa shape index (κ1) is 19.6. The summed E-state index contributed by atoms with van der Waals surface area (Å²) >= 11 is 0. The van der Waals surface area contributed by atoms with Gasteiger partial charge in [0.1, 0.15) is 5.75 Å². The fraction of sp³-hybridized carbons (Fsp3) is 0.350. The SMILES string of the molecule is COc1cccc(NC(=O)[C@@H](C)N2CCN(c3ccc([N+](=O)[O-])cc3)CC2)c1. The maximum Gasteiger partial charge on any atom is 0.269 e. The van der Waals surface area contributed by atoms with Gasteiger partial charge in [0.2, 0.25) is 5.91 Å². The Kier molecular flexibility index (Phi) is 6.10. The number of methoxy groups -OCH3 is 1. The van der Waals surface area contributed by atoms with Gasteiger partial charge < -0.3 is 15.0 Å². The molecule has 2 aromatic carbocycles. The molecule has 1 aliphatic rings. The largest absolute Gasteiger partial charge is 0.497 e. The third kappa shape index (κ3) is 4.58. The Hall–Kier alpha value is -3.13. The molecule has 148 valence electrons. The van der Waals surface area contributed by atoms with Crippen molar-refractivity contribution < 1.29 is 14.5 Å². The lowest BCUT2D eigenvalue weighted by molar-refractivity contribution is -0.384. The highest BCUT2D eigenvalue weighted by Crippen LogP contribution is 2.22. The van der Waals surface area contributed by atoms with Crippen molar-refractivity contribution in [2.24, 2.45) is 0 Å². The first-order valence-electron chi connectivity index (χ1n) is 9.16. The fourth-order valence-corrected chi connectivity index (χ4v) is 3.27. The molecule has 2 aromatic rings. The van der Waals surface area contributed by atoms with Gasteiger partial charge in [0.15, 0.2) is 0 Å². The second kappa shape index (κ2) is 8.71. The highest BCUT2D eigenvalue weighted by atomic mass is 16.6. The van der Waals surface area contributed by atoms with E-state index in [0.717, 1.165) is 31.9 Å². The van der Waals surface area contributed by atoms with Crippen LogP contribution < -0.4 is 15.0 Å². The summed E-state index contributed by atoms with van der Waals surface area (Å²) in [6.07, 6.45) is 0. The van der Waals surface area contributed by atoms with Crippen LogP contribution in [0.4, 0.5) is 17.1 Å². The van der Waals surface area contributed by atoms with Crippen LogP contribution in [0.25, 0.3) is 0 Å². The lowest BCUT2D eigenvalue weighted by Crippen LogP contribution is -2.52. The van der Waals surface area contributed by atoms with Gasteiger partial charge in [-0.3, -0.25) is 19.8 Å². The van der Waals surface area contributed by atoms with Crippen molar-refractivity contribution in [3.05, 3.63) is 58.6 Å². The third-order valence-electron chi connectivity index (χ3n) is 5.00. The predicted molar refractivity (Wildman–Crippen MR) is 108 cm³/mol. The fourth-order valence-electron chi connectivity index (χ4n) is 3.27. The van der Waals surface area contributed by atoms with E-state index in [0.29, 0.717) is 11.4 Å². The first-order valence-corrected chi connectivity index (χ1v) is 9.16. The number of amides is 1. The number of nitrogens with one attached hydrogen (secondary N) is 1. The molecule has 0 aliphatic carbocycles. The van der Waals surface area contributed by atoms with Gasteiger partial charge in [-0.1, -0.05) is 6.07 Å². The predicted octanol–water partition coefficient (Wildman–Crippen LogP) is 2.75. The van der Waals surface area contributed by atoms with Crippen molar-refractivity contribution >= 4 is 23.0 Å². The minimum atomic E-state index is -0.398. The van der Waals surface area contributed by atoms with Crippen molar-refractivity contribution in [2.75, 3.05) is 43.5 Å². The summed E-state index contributed by atoms with van der Waals surface area (Å²) in [6, 6.07) is 13.6. The molecule has 8 nitrogen and oxygen atoms in total. The van der Waals surface area contributed by atoms with Crippen LogP contribution in [0.3, 0.4) is 0 Å². The first-order chi connectivity index (χ1) is 13.5. The summed E-state index contributed by atoms with van der Waals surface area (Å²) in [5, 5.41) is 13.7. The maximum atomic E-state index is 12.6. The van der Waals surface area contributed by atoms with Crippen LogP contribution in [0.2, 0.25) is 0 Å². The van der Waals surface area contributed by atoms with E-state index in [2.05, 4.69) is 15.1 Å². The van der Waals surface area contributed by atoms with E-state index in [9.17, 15) is 14.9 Å². The molecule has 1 N–H and O–H groups in total. The van der Waals surface area contributed by atoms with Crippen molar-refractivity contribution in [1.29, 1.82) is 0 Å². The molecule has 1 saturated heterocycles. The molecule has 28 heavy (non-hydrogen) atoms.